The zero-order chi connectivity index (χ0) is 15.5. The number of hydrogen-bond acceptors (Lipinski definition) is 3. The van der Waals surface area contributed by atoms with E-state index >= 15 is 0 Å². The minimum atomic E-state index is -5.92. The second-order valence-corrected chi connectivity index (χ2v) is 3.20. The van der Waals surface area contributed by atoms with Crippen LogP contribution in [-0.4, -0.2) is 30.5 Å². The molecule has 0 fully saturated rings. The van der Waals surface area contributed by atoms with Gasteiger partial charge in [0.05, 0.1) is 0 Å². The SMILES string of the molecule is C=CC(=O)OC(F)(F)C(F)(F)OC(F)(F)C(F)CC. The largest absolute Gasteiger partial charge is 0.496 e. The number of esters is 1. The molecule has 0 aliphatic rings. The third-order valence-corrected chi connectivity index (χ3v) is 1.72. The van der Waals surface area contributed by atoms with E-state index < -0.39 is 36.9 Å². The third kappa shape index (κ3) is 4.37. The van der Waals surface area contributed by atoms with Gasteiger partial charge < -0.3 is 4.74 Å². The summed E-state index contributed by atoms with van der Waals surface area (Å²) in [7, 11) is 0. The zero-order valence-corrected chi connectivity index (χ0v) is 9.44. The van der Waals surface area contributed by atoms with E-state index in [4.69, 9.17) is 0 Å². The normalized spacial score (nSPS) is 14.9. The second-order valence-electron chi connectivity index (χ2n) is 3.20. The Morgan fingerprint density at radius 1 is 1.21 bits per heavy atom. The lowest BCUT2D eigenvalue weighted by molar-refractivity contribution is -0.478. The van der Waals surface area contributed by atoms with Crippen molar-refractivity contribution in [2.45, 2.75) is 37.8 Å². The summed E-state index contributed by atoms with van der Waals surface area (Å²) in [6.45, 7) is 3.50. The second kappa shape index (κ2) is 5.76. The molecule has 0 aromatic carbocycles. The highest BCUT2D eigenvalue weighted by molar-refractivity contribution is 5.81. The van der Waals surface area contributed by atoms with Crippen LogP contribution in [0.4, 0.5) is 30.7 Å². The van der Waals surface area contributed by atoms with Crippen LogP contribution in [0.15, 0.2) is 12.7 Å². The minimum Gasteiger partial charge on any atom is -0.391 e. The molecule has 0 heterocycles. The predicted octanol–water partition coefficient (Wildman–Crippen LogP) is 3.26. The Bertz CT molecular complexity index is 343. The van der Waals surface area contributed by atoms with Crippen molar-refractivity contribution in [1.82, 2.24) is 0 Å². The molecule has 0 spiro atoms. The van der Waals surface area contributed by atoms with Crippen molar-refractivity contribution in [3.05, 3.63) is 12.7 Å². The van der Waals surface area contributed by atoms with Crippen molar-refractivity contribution in [3.63, 3.8) is 0 Å². The topological polar surface area (TPSA) is 35.5 Å². The van der Waals surface area contributed by atoms with Gasteiger partial charge in [0.1, 0.15) is 0 Å². The van der Waals surface area contributed by atoms with Gasteiger partial charge in [0.2, 0.25) is 0 Å². The van der Waals surface area contributed by atoms with E-state index in [2.05, 4.69) is 16.1 Å². The third-order valence-electron chi connectivity index (χ3n) is 1.72. The Hall–Kier alpha value is -1.32. The summed E-state index contributed by atoms with van der Waals surface area (Å²) >= 11 is 0. The summed E-state index contributed by atoms with van der Waals surface area (Å²) in [6, 6.07) is 0. The number of alkyl halides is 7. The van der Waals surface area contributed by atoms with Crippen LogP contribution < -0.4 is 0 Å². The standard InChI is InChI=1S/C9H9F7O3/c1-3-5(10)7(11,12)19-9(15,16)8(13,14)18-6(17)4-2/h4-5H,2-3H2,1H3. The first-order chi connectivity index (χ1) is 8.39. The molecule has 1 unspecified atom stereocenters. The van der Waals surface area contributed by atoms with Gasteiger partial charge in [0, 0.05) is 6.08 Å². The van der Waals surface area contributed by atoms with Gasteiger partial charge in [-0.1, -0.05) is 13.5 Å². The van der Waals surface area contributed by atoms with Crippen molar-refractivity contribution in [3.8, 4) is 0 Å². The highest BCUT2D eigenvalue weighted by atomic mass is 19.3. The van der Waals surface area contributed by atoms with Gasteiger partial charge in [-0.15, -0.1) is 0 Å². The fourth-order valence-corrected chi connectivity index (χ4v) is 0.759. The molecular formula is C9H9F7O3. The highest BCUT2D eigenvalue weighted by Crippen LogP contribution is 2.42. The van der Waals surface area contributed by atoms with Crippen molar-refractivity contribution >= 4 is 5.97 Å². The first-order valence-corrected chi connectivity index (χ1v) is 4.72. The molecule has 112 valence electrons. The van der Waals surface area contributed by atoms with E-state index in [-0.39, 0.29) is 6.08 Å². The maximum absolute atomic E-state index is 12.8. The lowest BCUT2D eigenvalue weighted by Gasteiger charge is -2.29. The molecule has 0 saturated heterocycles. The molecule has 0 N–H and O–H groups in total. The molecule has 0 saturated carbocycles. The van der Waals surface area contributed by atoms with Crippen molar-refractivity contribution in [2.24, 2.45) is 0 Å². The van der Waals surface area contributed by atoms with Crippen molar-refractivity contribution < 1.29 is 45.0 Å². The summed E-state index contributed by atoms with van der Waals surface area (Å²) in [4.78, 5) is 10.4. The molecule has 0 aromatic rings. The first-order valence-electron chi connectivity index (χ1n) is 4.72. The van der Waals surface area contributed by atoms with Crippen LogP contribution in [0, 0.1) is 0 Å². The Labute approximate surface area is 103 Å². The van der Waals surface area contributed by atoms with E-state index in [1.54, 1.807) is 0 Å². The minimum absolute atomic E-state index is 0.103. The molecule has 1 atom stereocenters. The van der Waals surface area contributed by atoms with E-state index in [1.807, 2.05) is 0 Å². The van der Waals surface area contributed by atoms with Gasteiger partial charge in [0.25, 0.3) is 0 Å². The van der Waals surface area contributed by atoms with E-state index in [9.17, 15) is 35.5 Å². The summed E-state index contributed by atoms with van der Waals surface area (Å²) in [5.74, 6) is -2.00. The molecule has 0 aromatic heterocycles. The predicted molar refractivity (Wildman–Crippen MR) is 47.4 cm³/mol. The molecule has 0 rings (SSSR count). The van der Waals surface area contributed by atoms with E-state index in [0.29, 0.717) is 0 Å². The van der Waals surface area contributed by atoms with Gasteiger partial charge in [-0.2, -0.15) is 26.3 Å². The monoisotopic (exact) mass is 298 g/mol. The van der Waals surface area contributed by atoms with Gasteiger partial charge in [0.15, 0.2) is 6.17 Å². The Balaban J connectivity index is 5.05. The maximum Gasteiger partial charge on any atom is 0.496 e. The number of carbonyl (C=O) groups excluding carboxylic acids is 1. The van der Waals surface area contributed by atoms with Crippen molar-refractivity contribution in [2.75, 3.05) is 0 Å². The number of rotatable bonds is 7. The van der Waals surface area contributed by atoms with Crippen LogP contribution in [0.25, 0.3) is 0 Å². The Kier molecular flexibility index (Phi) is 5.36. The molecule has 10 heteroatoms. The lowest BCUT2D eigenvalue weighted by Crippen LogP contribution is -2.51. The van der Waals surface area contributed by atoms with Crippen LogP contribution in [0.1, 0.15) is 13.3 Å². The van der Waals surface area contributed by atoms with Crippen LogP contribution in [0.2, 0.25) is 0 Å². The first kappa shape index (κ1) is 17.7. The number of halogens is 7. The molecule has 0 aliphatic carbocycles. The van der Waals surface area contributed by atoms with Gasteiger partial charge in [-0.25, -0.2) is 13.9 Å². The Morgan fingerprint density at radius 3 is 2.05 bits per heavy atom. The zero-order valence-electron chi connectivity index (χ0n) is 9.44. The average Bonchev–Trinajstić information content (AvgIpc) is 2.25. The molecule has 0 aliphatic heterocycles. The summed E-state index contributed by atoms with van der Waals surface area (Å²) in [5.41, 5.74) is 0. The van der Waals surface area contributed by atoms with E-state index in [0.717, 1.165) is 6.92 Å². The molecule has 3 nitrogen and oxygen atoms in total. The molecule has 0 amide bonds. The fourth-order valence-electron chi connectivity index (χ4n) is 0.759. The Morgan fingerprint density at radius 2 is 1.68 bits per heavy atom. The van der Waals surface area contributed by atoms with Gasteiger partial charge in [-0.05, 0) is 6.42 Å². The maximum atomic E-state index is 12.8. The number of ether oxygens (including phenoxy) is 2. The van der Waals surface area contributed by atoms with Crippen LogP contribution in [0.5, 0.6) is 0 Å². The van der Waals surface area contributed by atoms with Crippen LogP contribution in [-0.2, 0) is 14.3 Å². The smallest absolute Gasteiger partial charge is 0.391 e. The van der Waals surface area contributed by atoms with Crippen molar-refractivity contribution in [1.29, 1.82) is 0 Å². The molecule has 0 radical (unpaired) electrons. The number of carbonyl (C=O) groups is 1. The van der Waals surface area contributed by atoms with E-state index in [1.165, 1.54) is 0 Å². The van der Waals surface area contributed by atoms with Crippen LogP contribution >= 0.6 is 0 Å². The molecule has 19 heavy (non-hydrogen) atoms. The summed E-state index contributed by atoms with van der Waals surface area (Å²) in [5, 5.41) is 0. The number of hydrogen-bond donors (Lipinski definition) is 0. The average molecular weight is 298 g/mol. The lowest BCUT2D eigenvalue weighted by atomic mass is 10.3. The molecular weight excluding hydrogens is 289 g/mol. The fraction of sp³-hybridized carbons (Fsp3) is 0.667. The highest BCUT2D eigenvalue weighted by Gasteiger charge is 2.67. The molecule has 0 bridgehead atoms. The quantitative estimate of drug-likeness (QED) is 0.411. The summed E-state index contributed by atoms with van der Waals surface area (Å²) < 4.78 is 94.3. The van der Waals surface area contributed by atoms with Crippen LogP contribution in [0.3, 0.4) is 0 Å². The van der Waals surface area contributed by atoms with Gasteiger partial charge in [-0.3, -0.25) is 0 Å². The van der Waals surface area contributed by atoms with Gasteiger partial charge >= 0.3 is 24.3 Å². The summed E-state index contributed by atoms with van der Waals surface area (Å²) in [6.07, 6.45) is -20.9.